The van der Waals surface area contributed by atoms with Crippen molar-refractivity contribution in [2.45, 2.75) is 12.8 Å². The highest BCUT2D eigenvalue weighted by molar-refractivity contribution is 6.32. The molecule has 0 saturated carbocycles. The largest absolute Gasteiger partial charge is 0.505 e. The highest BCUT2D eigenvalue weighted by atomic mass is 35.5. The molecule has 1 aromatic carbocycles. The van der Waals surface area contributed by atoms with E-state index >= 15 is 0 Å². The monoisotopic (exact) mass is 229 g/mol. The fraction of sp³-hybridized carbons (Fsp3) is 0.300. The Bertz CT molecular complexity index is 428. The number of halogens is 2. The van der Waals surface area contributed by atoms with Crippen LogP contribution in [0.1, 0.15) is 18.4 Å². The molecule has 0 radical (unpaired) electrons. The maximum Gasteiger partial charge on any atom is 0.173 e. The van der Waals surface area contributed by atoms with Crippen molar-refractivity contribution in [3.8, 4) is 17.6 Å². The van der Waals surface area contributed by atoms with Gasteiger partial charge in [-0.15, -0.1) is 0 Å². The third-order valence-electron chi connectivity index (χ3n) is 2.02. The maximum atomic E-state index is 13.5. The normalized spacial score (nSPS) is 11.9. The Morgan fingerprint density at radius 3 is 2.73 bits per heavy atom. The Labute approximate surface area is 91.7 Å². The molecule has 1 atom stereocenters. The Morgan fingerprint density at radius 1 is 1.67 bits per heavy atom. The lowest BCUT2D eigenvalue weighted by Crippen LogP contribution is -2.00. The van der Waals surface area contributed by atoms with Gasteiger partial charge >= 0.3 is 0 Å². The minimum atomic E-state index is -0.870. The van der Waals surface area contributed by atoms with Crippen molar-refractivity contribution in [3.05, 3.63) is 22.5 Å². The molecule has 1 rings (SSSR count). The molecule has 5 heteroatoms. The summed E-state index contributed by atoms with van der Waals surface area (Å²) in [6.45, 7) is 1.50. The molecule has 0 spiro atoms. The molecule has 1 unspecified atom stereocenters. The van der Waals surface area contributed by atoms with E-state index < -0.39 is 17.5 Å². The first kappa shape index (κ1) is 11.6. The maximum absolute atomic E-state index is 13.5. The molecule has 0 aromatic heterocycles. The van der Waals surface area contributed by atoms with Gasteiger partial charge in [0.1, 0.15) is 5.75 Å². The highest BCUT2D eigenvalue weighted by Gasteiger charge is 2.22. The van der Waals surface area contributed by atoms with Gasteiger partial charge in [0.25, 0.3) is 0 Å². The predicted octanol–water partition coefficient (Wildman–Crippen LogP) is 2.82. The minimum absolute atomic E-state index is 0.0231. The number of rotatable bonds is 2. The highest BCUT2D eigenvalue weighted by Crippen LogP contribution is 2.39. The van der Waals surface area contributed by atoms with E-state index in [1.54, 1.807) is 0 Å². The summed E-state index contributed by atoms with van der Waals surface area (Å²) in [6.07, 6.45) is 0. The SMILES string of the molecule is COc1c(Cl)cc(O)c(F)c1C(C)C#N. The van der Waals surface area contributed by atoms with E-state index in [0.717, 1.165) is 6.07 Å². The van der Waals surface area contributed by atoms with Crippen LogP contribution in [0.5, 0.6) is 11.5 Å². The number of hydrogen-bond donors (Lipinski definition) is 1. The van der Waals surface area contributed by atoms with Crippen LogP contribution in [-0.4, -0.2) is 12.2 Å². The number of nitrogens with zero attached hydrogens (tertiary/aromatic N) is 1. The van der Waals surface area contributed by atoms with Gasteiger partial charge in [-0.2, -0.15) is 5.26 Å². The van der Waals surface area contributed by atoms with E-state index in [2.05, 4.69) is 0 Å². The van der Waals surface area contributed by atoms with Crippen LogP contribution in [0.4, 0.5) is 4.39 Å². The topological polar surface area (TPSA) is 53.2 Å². The zero-order valence-electron chi connectivity index (χ0n) is 8.21. The molecule has 0 heterocycles. The van der Waals surface area contributed by atoms with E-state index in [0.29, 0.717) is 0 Å². The number of phenols is 1. The summed E-state index contributed by atoms with van der Waals surface area (Å²) in [4.78, 5) is 0. The molecule has 1 aromatic rings. The van der Waals surface area contributed by atoms with E-state index in [1.807, 2.05) is 6.07 Å². The molecule has 0 bridgehead atoms. The molecule has 0 aliphatic carbocycles. The van der Waals surface area contributed by atoms with Crippen molar-refractivity contribution in [2.24, 2.45) is 0 Å². The van der Waals surface area contributed by atoms with Crippen LogP contribution < -0.4 is 4.74 Å². The zero-order valence-corrected chi connectivity index (χ0v) is 8.97. The third kappa shape index (κ3) is 1.97. The first-order valence-corrected chi connectivity index (χ1v) is 4.55. The summed E-state index contributed by atoms with van der Waals surface area (Å²) in [5, 5.41) is 18.0. The summed E-state index contributed by atoms with van der Waals surface area (Å²) >= 11 is 5.75. The van der Waals surface area contributed by atoms with Gasteiger partial charge in [0.05, 0.1) is 29.7 Å². The van der Waals surface area contributed by atoms with Gasteiger partial charge in [-0.3, -0.25) is 0 Å². The lowest BCUT2D eigenvalue weighted by molar-refractivity contribution is 0.390. The quantitative estimate of drug-likeness (QED) is 0.849. The summed E-state index contributed by atoms with van der Waals surface area (Å²) < 4.78 is 18.4. The van der Waals surface area contributed by atoms with E-state index in [4.69, 9.17) is 21.6 Å². The van der Waals surface area contributed by atoms with Crippen LogP contribution in [0, 0.1) is 17.1 Å². The van der Waals surface area contributed by atoms with Gasteiger partial charge in [0, 0.05) is 6.07 Å². The van der Waals surface area contributed by atoms with Crippen molar-refractivity contribution in [1.82, 2.24) is 0 Å². The van der Waals surface area contributed by atoms with Crippen molar-refractivity contribution >= 4 is 11.6 Å². The number of hydrogen-bond acceptors (Lipinski definition) is 3. The second-order valence-electron chi connectivity index (χ2n) is 2.99. The molecule has 80 valence electrons. The van der Waals surface area contributed by atoms with Crippen LogP contribution >= 0.6 is 11.6 Å². The minimum Gasteiger partial charge on any atom is -0.505 e. The Balaban J connectivity index is 3.52. The van der Waals surface area contributed by atoms with Crippen LogP contribution in [0.2, 0.25) is 5.02 Å². The zero-order chi connectivity index (χ0) is 11.6. The van der Waals surface area contributed by atoms with Gasteiger partial charge in [-0.05, 0) is 6.92 Å². The fourth-order valence-corrected chi connectivity index (χ4v) is 1.56. The van der Waals surface area contributed by atoms with Gasteiger partial charge < -0.3 is 9.84 Å². The van der Waals surface area contributed by atoms with Crippen molar-refractivity contribution in [2.75, 3.05) is 7.11 Å². The molecule has 0 aliphatic heterocycles. The summed E-state index contributed by atoms with van der Waals surface area (Å²) in [6, 6.07) is 2.91. The van der Waals surface area contributed by atoms with Gasteiger partial charge in [-0.1, -0.05) is 11.6 Å². The van der Waals surface area contributed by atoms with E-state index in [9.17, 15) is 9.50 Å². The van der Waals surface area contributed by atoms with Crippen molar-refractivity contribution < 1.29 is 14.2 Å². The lowest BCUT2D eigenvalue weighted by atomic mass is 10.0. The second kappa shape index (κ2) is 4.37. The predicted molar refractivity (Wildman–Crippen MR) is 53.7 cm³/mol. The molecule has 0 saturated heterocycles. The summed E-state index contributed by atoms with van der Waals surface area (Å²) in [7, 11) is 1.32. The van der Waals surface area contributed by atoms with E-state index in [1.165, 1.54) is 14.0 Å². The Hall–Kier alpha value is -1.47. The molecule has 1 N–H and O–H groups in total. The first-order valence-electron chi connectivity index (χ1n) is 4.17. The number of methoxy groups -OCH3 is 1. The molecule has 0 aliphatic rings. The van der Waals surface area contributed by atoms with Gasteiger partial charge in [-0.25, -0.2) is 4.39 Å². The molecular formula is C10H9ClFNO2. The molecule has 15 heavy (non-hydrogen) atoms. The third-order valence-corrected chi connectivity index (χ3v) is 2.30. The van der Waals surface area contributed by atoms with Gasteiger partial charge in [0.15, 0.2) is 11.6 Å². The molecule has 0 amide bonds. The number of phenolic OH excluding ortho intramolecular Hbond substituents is 1. The summed E-state index contributed by atoms with van der Waals surface area (Å²) in [5.74, 6) is -2.12. The Kier molecular flexibility index (Phi) is 3.38. The lowest BCUT2D eigenvalue weighted by Gasteiger charge is -2.13. The number of ether oxygens (including phenoxy) is 1. The summed E-state index contributed by atoms with van der Waals surface area (Å²) in [5.41, 5.74) is -0.0231. The van der Waals surface area contributed by atoms with Crippen LogP contribution in [0.3, 0.4) is 0 Å². The second-order valence-corrected chi connectivity index (χ2v) is 3.40. The first-order chi connectivity index (χ1) is 7.02. The smallest absolute Gasteiger partial charge is 0.173 e. The fourth-order valence-electron chi connectivity index (χ4n) is 1.27. The number of benzene rings is 1. The van der Waals surface area contributed by atoms with Gasteiger partial charge in [0.2, 0.25) is 0 Å². The van der Waals surface area contributed by atoms with Crippen molar-refractivity contribution in [3.63, 3.8) is 0 Å². The van der Waals surface area contributed by atoms with Crippen LogP contribution in [0.15, 0.2) is 6.07 Å². The van der Waals surface area contributed by atoms with Crippen molar-refractivity contribution in [1.29, 1.82) is 5.26 Å². The average Bonchev–Trinajstić information content (AvgIpc) is 2.21. The molecule has 0 fully saturated rings. The Morgan fingerprint density at radius 2 is 2.27 bits per heavy atom. The van der Waals surface area contributed by atoms with Crippen LogP contribution in [0.25, 0.3) is 0 Å². The average molecular weight is 230 g/mol. The standard InChI is InChI=1S/C10H9ClFNO2/c1-5(4-13)8-9(12)7(14)3-6(11)10(8)15-2/h3,5,14H,1-2H3. The molecular weight excluding hydrogens is 221 g/mol. The van der Waals surface area contributed by atoms with Crippen LogP contribution in [-0.2, 0) is 0 Å². The number of aromatic hydroxyl groups is 1. The molecule has 3 nitrogen and oxygen atoms in total. The number of nitriles is 1. The van der Waals surface area contributed by atoms with E-state index in [-0.39, 0.29) is 16.3 Å².